The summed E-state index contributed by atoms with van der Waals surface area (Å²) in [5.74, 6) is -0.457. The van der Waals surface area contributed by atoms with Crippen molar-refractivity contribution >= 4 is 28.9 Å². The van der Waals surface area contributed by atoms with Crippen LogP contribution in [0.4, 0.5) is 11.4 Å². The fourth-order valence-corrected chi connectivity index (χ4v) is 1.90. The molecule has 0 aromatic heterocycles. The van der Waals surface area contributed by atoms with Crippen molar-refractivity contribution in [3.63, 3.8) is 0 Å². The standard InChI is InChI=1S/C17H18N4O2/c1-11(14-4-3-5-16(10-14)19-12(2)22)20-21-17(23)13-6-8-15(18)9-7-13/h3-10,20H,1,18H2,2H3,(H,19,22)(H,21,23). The van der Waals surface area contributed by atoms with Crippen molar-refractivity contribution in [2.24, 2.45) is 0 Å². The van der Waals surface area contributed by atoms with E-state index < -0.39 is 0 Å². The van der Waals surface area contributed by atoms with Crippen molar-refractivity contribution in [3.05, 3.63) is 66.2 Å². The fraction of sp³-hybridized carbons (Fsp3) is 0.0588. The van der Waals surface area contributed by atoms with E-state index in [1.165, 1.54) is 6.92 Å². The van der Waals surface area contributed by atoms with Crippen molar-refractivity contribution in [2.75, 3.05) is 11.1 Å². The van der Waals surface area contributed by atoms with Gasteiger partial charge in [-0.2, -0.15) is 0 Å². The second-order valence-electron chi connectivity index (χ2n) is 4.94. The molecular formula is C17H18N4O2. The number of benzene rings is 2. The number of hydrogen-bond acceptors (Lipinski definition) is 4. The number of nitrogen functional groups attached to an aromatic ring is 1. The number of nitrogens with two attached hydrogens (primary N) is 1. The molecule has 0 saturated heterocycles. The van der Waals surface area contributed by atoms with E-state index in [1.54, 1.807) is 42.5 Å². The molecule has 2 amide bonds. The van der Waals surface area contributed by atoms with Crippen molar-refractivity contribution in [3.8, 4) is 0 Å². The predicted octanol–water partition coefficient (Wildman–Crippen LogP) is 2.13. The van der Waals surface area contributed by atoms with Gasteiger partial charge in [0.15, 0.2) is 0 Å². The van der Waals surface area contributed by atoms with E-state index in [0.29, 0.717) is 22.6 Å². The second kappa shape index (κ2) is 7.13. The highest BCUT2D eigenvalue weighted by Gasteiger charge is 2.06. The molecule has 0 aliphatic rings. The van der Waals surface area contributed by atoms with Crippen molar-refractivity contribution in [2.45, 2.75) is 6.92 Å². The number of amides is 2. The average Bonchev–Trinajstić information content (AvgIpc) is 2.52. The second-order valence-corrected chi connectivity index (χ2v) is 4.94. The third-order valence-electron chi connectivity index (χ3n) is 3.03. The van der Waals surface area contributed by atoms with E-state index >= 15 is 0 Å². The molecule has 0 spiro atoms. The van der Waals surface area contributed by atoms with E-state index in [9.17, 15) is 9.59 Å². The molecule has 2 aromatic carbocycles. The third-order valence-corrected chi connectivity index (χ3v) is 3.03. The maximum atomic E-state index is 12.0. The van der Waals surface area contributed by atoms with Crippen LogP contribution in [0.15, 0.2) is 55.1 Å². The van der Waals surface area contributed by atoms with Gasteiger partial charge in [0, 0.05) is 29.4 Å². The lowest BCUT2D eigenvalue weighted by molar-refractivity contribution is -0.114. The SMILES string of the molecule is C=C(NNC(=O)c1ccc(N)cc1)c1cccc(NC(C)=O)c1. The van der Waals surface area contributed by atoms with Crippen LogP contribution in [0.1, 0.15) is 22.8 Å². The summed E-state index contributed by atoms with van der Waals surface area (Å²) in [4.78, 5) is 23.1. The molecule has 6 nitrogen and oxygen atoms in total. The van der Waals surface area contributed by atoms with Gasteiger partial charge in [-0.1, -0.05) is 18.7 Å². The van der Waals surface area contributed by atoms with Crippen molar-refractivity contribution in [1.82, 2.24) is 10.9 Å². The quantitative estimate of drug-likeness (QED) is 0.502. The Balaban J connectivity index is 1.98. The Morgan fingerprint density at radius 3 is 2.35 bits per heavy atom. The minimum atomic E-state index is -0.302. The van der Waals surface area contributed by atoms with Crippen LogP contribution in [0.3, 0.4) is 0 Å². The van der Waals surface area contributed by atoms with Crippen LogP contribution in [0, 0.1) is 0 Å². The van der Waals surface area contributed by atoms with Crippen LogP contribution < -0.4 is 21.9 Å². The highest BCUT2D eigenvalue weighted by molar-refractivity contribution is 5.94. The molecule has 5 N–H and O–H groups in total. The molecule has 2 aromatic rings. The zero-order chi connectivity index (χ0) is 16.8. The van der Waals surface area contributed by atoms with Crippen LogP contribution in [-0.2, 0) is 4.79 Å². The smallest absolute Gasteiger partial charge is 0.269 e. The number of anilines is 2. The van der Waals surface area contributed by atoms with Gasteiger partial charge in [0.25, 0.3) is 5.91 Å². The Bertz CT molecular complexity index is 739. The van der Waals surface area contributed by atoms with Crippen molar-refractivity contribution in [1.29, 1.82) is 0 Å². The number of rotatable bonds is 5. The third kappa shape index (κ3) is 4.60. The highest BCUT2D eigenvalue weighted by atomic mass is 16.2. The minimum absolute atomic E-state index is 0.155. The van der Waals surface area contributed by atoms with E-state index in [4.69, 9.17) is 5.73 Å². The minimum Gasteiger partial charge on any atom is -0.399 e. The van der Waals surface area contributed by atoms with Crippen LogP contribution in [0.2, 0.25) is 0 Å². The molecular weight excluding hydrogens is 292 g/mol. The normalized spacial score (nSPS) is 9.78. The van der Waals surface area contributed by atoms with Gasteiger partial charge in [0.1, 0.15) is 0 Å². The Morgan fingerprint density at radius 1 is 1.00 bits per heavy atom. The molecule has 2 rings (SSSR count). The fourth-order valence-electron chi connectivity index (χ4n) is 1.90. The lowest BCUT2D eigenvalue weighted by Gasteiger charge is -2.12. The molecule has 0 unspecified atom stereocenters. The van der Waals surface area contributed by atoms with Gasteiger partial charge in [-0.05, 0) is 36.4 Å². The first-order valence-electron chi connectivity index (χ1n) is 6.94. The maximum absolute atomic E-state index is 12.0. The summed E-state index contributed by atoms with van der Waals surface area (Å²) in [5, 5.41) is 2.69. The summed E-state index contributed by atoms with van der Waals surface area (Å²) < 4.78 is 0. The van der Waals surface area contributed by atoms with Gasteiger partial charge in [0.2, 0.25) is 5.91 Å². The molecule has 6 heteroatoms. The van der Waals surface area contributed by atoms with E-state index in [1.807, 2.05) is 6.07 Å². The van der Waals surface area contributed by atoms with E-state index in [-0.39, 0.29) is 11.8 Å². The lowest BCUT2D eigenvalue weighted by atomic mass is 10.1. The number of carbonyl (C=O) groups is 2. The summed E-state index contributed by atoms with van der Waals surface area (Å²) in [7, 11) is 0. The molecule has 0 radical (unpaired) electrons. The van der Waals surface area contributed by atoms with Crippen LogP contribution in [-0.4, -0.2) is 11.8 Å². The first-order valence-corrected chi connectivity index (χ1v) is 6.94. The first kappa shape index (κ1) is 16.1. The Labute approximate surface area is 134 Å². The average molecular weight is 310 g/mol. The molecule has 0 aliphatic heterocycles. The first-order chi connectivity index (χ1) is 11.0. The molecule has 0 atom stereocenters. The number of hydrogen-bond donors (Lipinski definition) is 4. The monoisotopic (exact) mass is 310 g/mol. The van der Waals surface area contributed by atoms with Crippen LogP contribution >= 0.6 is 0 Å². The predicted molar refractivity (Wildman–Crippen MR) is 91.2 cm³/mol. The summed E-state index contributed by atoms with van der Waals surface area (Å²) >= 11 is 0. The zero-order valence-corrected chi connectivity index (χ0v) is 12.7. The van der Waals surface area contributed by atoms with Gasteiger partial charge in [-0.15, -0.1) is 0 Å². The Morgan fingerprint density at radius 2 is 1.70 bits per heavy atom. The van der Waals surface area contributed by atoms with E-state index in [0.717, 1.165) is 5.56 Å². The largest absolute Gasteiger partial charge is 0.399 e. The molecule has 23 heavy (non-hydrogen) atoms. The van der Waals surface area contributed by atoms with Crippen LogP contribution in [0.5, 0.6) is 0 Å². The lowest BCUT2D eigenvalue weighted by Crippen LogP contribution is -2.35. The molecule has 0 fully saturated rings. The van der Waals surface area contributed by atoms with Crippen LogP contribution in [0.25, 0.3) is 5.70 Å². The molecule has 0 bridgehead atoms. The zero-order valence-electron chi connectivity index (χ0n) is 12.7. The Hall–Kier alpha value is -3.28. The Kier molecular flexibility index (Phi) is 4.99. The maximum Gasteiger partial charge on any atom is 0.269 e. The molecule has 0 heterocycles. The molecule has 0 saturated carbocycles. The number of hydrazine groups is 1. The summed E-state index contributed by atoms with van der Waals surface area (Å²) in [6.07, 6.45) is 0. The van der Waals surface area contributed by atoms with Gasteiger partial charge < -0.3 is 11.1 Å². The number of carbonyl (C=O) groups excluding carboxylic acids is 2. The molecule has 118 valence electrons. The molecule has 0 aliphatic carbocycles. The summed E-state index contributed by atoms with van der Waals surface area (Å²) in [6, 6.07) is 13.7. The van der Waals surface area contributed by atoms with Gasteiger partial charge in [0.05, 0.1) is 5.70 Å². The van der Waals surface area contributed by atoms with E-state index in [2.05, 4.69) is 22.7 Å². The van der Waals surface area contributed by atoms with Gasteiger partial charge >= 0.3 is 0 Å². The summed E-state index contributed by atoms with van der Waals surface area (Å²) in [5.41, 5.74) is 13.9. The van der Waals surface area contributed by atoms with Crippen molar-refractivity contribution < 1.29 is 9.59 Å². The number of nitrogens with one attached hydrogen (secondary N) is 3. The van der Waals surface area contributed by atoms with Gasteiger partial charge in [-0.3, -0.25) is 20.4 Å². The highest BCUT2D eigenvalue weighted by Crippen LogP contribution is 2.15. The topological polar surface area (TPSA) is 96.2 Å². The van der Waals surface area contributed by atoms with Gasteiger partial charge in [-0.25, -0.2) is 0 Å². The summed E-state index contributed by atoms with van der Waals surface area (Å²) in [6.45, 7) is 5.30.